The van der Waals surface area contributed by atoms with Crippen LogP contribution in [0, 0.1) is 0 Å². The minimum atomic E-state index is -4.11. The minimum absolute atomic E-state index is 0. The van der Waals surface area contributed by atoms with E-state index in [1.807, 2.05) is 0 Å². The summed E-state index contributed by atoms with van der Waals surface area (Å²) < 4.78 is 32.2. The Kier molecular flexibility index (Phi) is 8.47. The summed E-state index contributed by atoms with van der Waals surface area (Å²) in [5.74, 6) is -0.801. The topological polar surface area (TPSA) is 74.5 Å². The number of carbonyl (C=O) groups excluding carboxylic acids is 1. The van der Waals surface area contributed by atoms with E-state index in [4.69, 9.17) is 27.9 Å². The summed E-state index contributed by atoms with van der Waals surface area (Å²) in [5.41, 5.74) is 0.569. The molecule has 0 radical (unpaired) electrons. The Morgan fingerprint density at radius 3 is 2.44 bits per heavy atom. The third-order valence-electron chi connectivity index (χ3n) is 2.89. The second kappa shape index (κ2) is 9.62. The monoisotopic (exact) mass is 407 g/mol. The standard InChI is InChI=1S/C16H13Cl2NO4S.Na/c1-23-15-10-13(18)5-6-14(15)16(20)19-24(21,22)8-7-11-3-2-4-12(17)9-11;/h2-10H,1H3,(H,19,20);/q;+1/p-1/b8-7+;. The van der Waals surface area contributed by atoms with E-state index in [2.05, 4.69) is 4.72 Å². The van der Waals surface area contributed by atoms with Gasteiger partial charge in [0, 0.05) is 21.0 Å². The largest absolute Gasteiger partial charge is 1.00 e. The Hall–Kier alpha value is -1.02. The normalized spacial score (nSPS) is 11.0. The predicted molar refractivity (Wildman–Crippen MR) is 95.1 cm³/mol. The van der Waals surface area contributed by atoms with Gasteiger partial charge in [0.1, 0.15) is 15.8 Å². The molecule has 9 heteroatoms. The van der Waals surface area contributed by atoms with Crippen LogP contribution in [0.25, 0.3) is 10.8 Å². The average molecular weight is 408 g/mol. The molecule has 0 spiro atoms. The second-order valence-corrected chi connectivity index (χ2v) is 6.97. The zero-order valence-corrected chi connectivity index (χ0v) is 17.8. The molecular formula is C16H12Cl2NNaO4S. The summed E-state index contributed by atoms with van der Waals surface area (Å²) in [6, 6.07) is 10.8. The SMILES string of the molecule is COc1cc(Cl)ccc1C(=O)[N-]S(=O)(=O)/C=C/c1cccc(Cl)c1.[Na+]. The number of amides is 1. The van der Waals surface area contributed by atoms with Gasteiger partial charge in [-0.15, -0.1) is 0 Å². The summed E-state index contributed by atoms with van der Waals surface area (Å²) in [6.45, 7) is 0. The van der Waals surface area contributed by atoms with Crippen LogP contribution in [-0.2, 0) is 10.0 Å². The number of hydrogen-bond donors (Lipinski definition) is 0. The van der Waals surface area contributed by atoms with Crippen LogP contribution in [0.4, 0.5) is 0 Å². The molecule has 0 atom stereocenters. The van der Waals surface area contributed by atoms with Crippen LogP contribution in [0.3, 0.4) is 0 Å². The Bertz CT molecular complexity index is 901. The van der Waals surface area contributed by atoms with E-state index in [1.165, 1.54) is 31.4 Å². The number of rotatable bonds is 5. The first-order chi connectivity index (χ1) is 11.3. The van der Waals surface area contributed by atoms with Crippen LogP contribution < -0.4 is 34.3 Å². The molecule has 0 aliphatic heterocycles. The molecule has 2 rings (SSSR count). The van der Waals surface area contributed by atoms with Crippen molar-refractivity contribution in [1.29, 1.82) is 0 Å². The van der Waals surface area contributed by atoms with Crippen molar-refractivity contribution in [1.82, 2.24) is 0 Å². The van der Waals surface area contributed by atoms with Crippen molar-refractivity contribution in [3.8, 4) is 5.75 Å². The van der Waals surface area contributed by atoms with Crippen molar-refractivity contribution in [3.05, 3.63) is 73.8 Å². The number of ether oxygens (including phenoxy) is 1. The molecule has 126 valence electrons. The van der Waals surface area contributed by atoms with Gasteiger partial charge in [0.05, 0.1) is 13.0 Å². The molecule has 0 bridgehead atoms. The van der Waals surface area contributed by atoms with E-state index in [9.17, 15) is 13.2 Å². The van der Waals surface area contributed by atoms with Crippen molar-refractivity contribution < 1.29 is 47.5 Å². The Labute approximate surface area is 178 Å². The van der Waals surface area contributed by atoms with Gasteiger partial charge >= 0.3 is 29.6 Å². The van der Waals surface area contributed by atoms with E-state index in [1.54, 1.807) is 24.3 Å². The molecule has 2 aromatic rings. The van der Waals surface area contributed by atoms with Crippen LogP contribution in [0.15, 0.2) is 47.9 Å². The van der Waals surface area contributed by atoms with E-state index in [-0.39, 0.29) is 40.9 Å². The van der Waals surface area contributed by atoms with Crippen LogP contribution in [0.1, 0.15) is 15.9 Å². The summed E-state index contributed by atoms with van der Waals surface area (Å²) in [6.07, 6.45) is 1.30. The fraction of sp³-hybridized carbons (Fsp3) is 0.0625. The summed E-state index contributed by atoms with van der Waals surface area (Å²) in [5, 5.41) is 1.65. The molecule has 0 aliphatic carbocycles. The molecule has 0 fully saturated rings. The summed E-state index contributed by atoms with van der Waals surface area (Å²) in [7, 11) is -2.77. The molecule has 1 amide bonds. The van der Waals surface area contributed by atoms with Crippen molar-refractivity contribution >= 4 is 45.2 Å². The maximum absolute atomic E-state index is 12.1. The zero-order valence-electron chi connectivity index (χ0n) is 13.4. The molecule has 0 aliphatic rings. The first-order valence-corrected chi connectivity index (χ1v) is 8.86. The van der Waals surface area contributed by atoms with Crippen LogP contribution in [0.5, 0.6) is 5.75 Å². The van der Waals surface area contributed by atoms with Gasteiger partial charge in [-0.05, 0) is 42.0 Å². The molecule has 0 unspecified atom stereocenters. The first kappa shape index (κ1) is 22.0. The molecule has 0 saturated heterocycles. The van der Waals surface area contributed by atoms with E-state index in [0.717, 1.165) is 5.41 Å². The first-order valence-electron chi connectivity index (χ1n) is 6.60. The predicted octanol–water partition coefficient (Wildman–Crippen LogP) is 1.52. The Morgan fingerprint density at radius 2 is 1.80 bits per heavy atom. The molecule has 0 heterocycles. The fourth-order valence-electron chi connectivity index (χ4n) is 1.81. The number of carbonyl (C=O) groups is 1. The maximum atomic E-state index is 12.1. The Morgan fingerprint density at radius 1 is 1.12 bits per heavy atom. The summed E-state index contributed by atoms with van der Waals surface area (Å²) in [4.78, 5) is 12.1. The van der Waals surface area contributed by atoms with Gasteiger partial charge < -0.3 is 14.3 Å². The minimum Gasteiger partial charge on any atom is -0.538 e. The van der Waals surface area contributed by atoms with Gasteiger partial charge in [-0.2, -0.15) is 0 Å². The van der Waals surface area contributed by atoms with Crippen molar-refractivity contribution in [3.63, 3.8) is 0 Å². The smallest absolute Gasteiger partial charge is 0.538 e. The number of halogens is 2. The van der Waals surface area contributed by atoms with Gasteiger partial charge in [-0.1, -0.05) is 35.3 Å². The summed E-state index contributed by atoms with van der Waals surface area (Å²) >= 11 is 11.6. The second-order valence-electron chi connectivity index (χ2n) is 4.61. The molecule has 25 heavy (non-hydrogen) atoms. The molecule has 0 saturated carbocycles. The van der Waals surface area contributed by atoms with Crippen LogP contribution >= 0.6 is 23.2 Å². The van der Waals surface area contributed by atoms with Gasteiger partial charge in [-0.3, -0.25) is 0 Å². The van der Waals surface area contributed by atoms with Gasteiger partial charge in [0.25, 0.3) is 0 Å². The fourth-order valence-corrected chi connectivity index (χ4v) is 2.89. The van der Waals surface area contributed by atoms with E-state index < -0.39 is 15.9 Å². The maximum Gasteiger partial charge on any atom is 1.00 e. The Balaban J connectivity index is 0.00000312. The van der Waals surface area contributed by atoms with Gasteiger partial charge in [0.2, 0.25) is 0 Å². The molecular weight excluding hydrogens is 396 g/mol. The van der Waals surface area contributed by atoms with Gasteiger partial charge in [0.15, 0.2) is 0 Å². The number of methoxy groups -OCH3 is 1. The van der Waals surface area contributed by atoms with Crippen LogP contribution in [0.2, 0.25) is 10.0 Å². The zero-order chi connectivity index (χ0) is 17.7. The number of sulfonamides is 1. The van der Waals surface area contributed by atoms with Crippen molar-refractivity contribution in [2.24, 2.45) is 0 Å². The van der Waals surface area contributed by atoms with E-state index >= 15 is 0 Å². The number of benzene rings is 2. The average Bonchev–Trinajstić information content (AvgIpc) is 2.52. The van der Waals surface area contributed by atoms with Crippen molar-refractivity contribution in [2.45, 2.75) is 0 Å². The molecule has 5 nitrogen and oxygen atoms in total. The van der Waals surface area contributed by atoms with Gasteiger partial charge in [-0.25, -0.2) is 8.42 Å². The molecule has 0 aromatic heterocycles. The molecule has 2 aromatic carbocycles. The molecule has 0 N–H and O–H groups in total. The van der Waals surface area contributed by atoms with Crippen LogP contribution in [-0.4, -0.2) is 21.4 Å². The third kappa shape index (κ3) is 6.66. The quantitative estimate of drug-likeness (QED) is 0.704. The number of hydrogen-bond acceptors (Lipinski definition) is 4. The third-order valence-corrected chi connectivity index (χ3v) is 4.26. The number of nitrogens with zero attached hydrogens (tertiary/aromatic N) is 1. The van der Waals surface area contributed by atoms with E-state index in [0.29, 0.717) is 15.6 Å². The van der Waals surface area contributed by atoms with Crippen molar-refractivity contribution in [2.75, 3.05) is 7.11 Å².